The van der Waals surface area contributed by atoms with E-state index in [2.05, 4.69) is 0 Å². The molecule has 0 spiro atoms. The zero-order chi connectivity index (χ0) is 20.3. The highest BCUT2D eigenvalue weighted by atomic mass is 32.2. The molecule has 0 amide bonds. The topological polar surface area (TPSA) is 72.9 Å². The number of hydrogen-bond acceptors (Lipinski definition) is 5. The molecule has 3 aromatic carbocycles. The Labute approximate surface area is 169 Å². The average molecular weight is 411 g/mol. The SMILES string of the molecule is O=C(OCc1cccc(S(=O)(=O)N2CCOCC2)c1)c1cccc2ccccc12. The van der Waals surface area contributed by atoms with Crippen molar-refractivity contribution in [2.45, 2.75) is 11.5 Å². The van der Waals surface area contributed by atoms with Crippen molar-refractivity contribution in [1.82, 2.24) is 4.31 Å². The summed E-state index contributed by atoms with van der Waals surface area (Å²) in [7, 11) is -3.59. The van der Waals surface area contributed by atoms with Crippen molar-refractivity contribution in [1.29, 1.82) is 0 Å². The number of sulfonamides is 1. The lowest BCUT2D eigenvalue weighted by molar-refractivity contribution is 0.0475. The zero-order valence-electron chi connectivity index (χ0n) is 15.8. The minimum absolute atomic E-state index is 0.00543. The molecule has 6 nitrogen and oxygen atoms in total. The normalized spacial score (nSPS) is 15.3. The Hall–Kier alpha value is -2.74. The smallest absolute Gasteiger partial charge is 0.339 e. The third-order valence-electron chi connectivity index (χ3n) is 4.89. The van der Waals surface area contributed by atoms with Crippen molar-refractivity contribution < 1.29 is 22.7 Å². The maximum Gasteiger partial charge on any atom is 0.339 e. The molecule has 3 aromatic rings. The molecule has 0 aliphatic carbocycles. The van der Waals surface area contributed by atoms with Crippen LogP contribution < -0.4 is 0 Å². The molecule has 0 saturated carbocycles. The first-order valence-corrected chi connectivity index (χ1v) is 10.8. The molecule has 1 aliphatic heterocycles. The molecule has 0 N–H and O–H groups in total. The standard InChI is InChI=1S/C22H21NO5S/c24-22(21-10-4-7-18-6-1-2-9-20(18)21)28-16-17-5-3-8-19(15-17)29(25,26)23-11-13-27-14-12-23/h1-10,15H,11-14,16H2. The fourth-order valence-corrected chi connectivity index (χ4v) is 4.84. The summed E-state index contributed by atoms with van der Waals surface area (Å²) in [6.45, 7) is 1.45. The molecule has 0 atom stereocenters. The van der Waals surface area contributed by atoms with Crippen LogP contribution in [0.25, 0.3) is 10.8 Å². The van der Waals surface area contributed by atoms with Crippen molar-refractivity contribution in [3.8, 4) is 0 Å². The highest BCUT2D eigenvalue weighted by molar-refractivity contribution is 7.89. The average Bonchev–Trinajstić information content (AvgIpc) is 2.78. The molecule has 1 fully saturated rings. The number of rotatable bonds is 5. The van der Waals surface area contributed by atoms with Crippen molar-refractivity contribution in [3.05, 3.63) is 77.9 Å². The van der Waals surface area contributed by atoms with Crippen LogP contribution in [0.15, 0.2) is 71.6 Å². The molecule has 0 bridgehead atoms. The Morgan fingerprint density at radius 3 is 2.52 bits per heavy atom. The first kappa shape index (κ1) is 19.6. The number of morpholine rings is 1. The second-order valence-corrected chi connectivity index (χ2v) is 8.70. The van der Waals surface area contributed by atoms with Gasteiger partial charge in [-0.05, 0) is 34.5 Å². The number of ether oxygens (including phenoxy) is 2. The highest BCUT2D eigenvalue weighted by Crippen LogP contribution is 2.21. The van der Waals surface area contributed by atoms with E-state index in [1.165, 1.54) is 4.31 Å². The van der Waals surface area contributed by atoms with Gasteiger partial charge in [0.1, 0.15) is 6.61 Å². The predicted octanol–water partition coefficient (Wildman–Crippen LogP) is 3.22. The van der Waals surface area contributed by atoms with Crippen LogP contribution >= 0.6 is 0 Å². The van der Waals surface area contributed by atoms with Crippen molar-refractivity contribution in [3.63, 3.8) is 0 Å². The lowest BCUT2D eigenvalue weighted by atomic mass is 10.0. The van der Waals surface area contributed by atoms with E-state index in [1.807, 2.05) is 36.4 Å². The highest BCUT2D eigenvalue weighted by Gasteiger charge is 2.26. The number of esters is 1. The Morgan fingerprint density at radius 2 is 1.69 bits per heavy atom. The van der Waals surface area contributed by atoms with E-state index in [0.29, 0.717) is 37.4 Å². The van der Waals surface area contributed by atoms with Crippen LogP contribution in [0.4, 0.5) is 0 Å². The van der Waals surface area contributed by atoms with Gasteiger partial charge in [-0.3, -0.25) is 0 Å². The molecule has 150 valence electrons. The first-order chi connectivity index (χ1) is 14.1. The van der Waals surface area contributed by atoms with Crippen LogP contribution in [0, 0.1) is 0 Å². The van der Waals surface area contributed by atoms with Gasteiger partial charge in [0.15, 0.2) is 0 Å². The summed E-state index contributed by atoms with van der Waals surface area (Å²) in [5, 5.41) is 1.78. The third-order valence-corrected chi connectivity index (χ3v) is 6.78. The quantitative estimate of drug-likeness (QED) is 0.603. The number of hydrogen-bond donors (Lipinski definition) is 0. The van der Waals surface area contributed by atoms with E-state index >= 15 is 0 Å². The number of benzene rings is 3. The van der Waals surface area contributed by atoms with E-state index in [4.69, 9.17) is 9.47 Å². The predicted molar refractivity (Wildman–Crippen MR) is 109 cm³/mol. The van der Waals surface area contributed by atoms with E-state index in [0.717, 1.165) is 10.8 Å². The van der Waals surface area contributed by atoms with Gasteiger partial charge in [0, 0.05) is 13.1 Å². The first-order valence-electron chi connectivity index (χ1n) is 9.37. The summed E-state index contributed by atoms with van der Waals surface area (Å²) in [4.78, 5) is 12.8. The number of fused-ring (bicyclic) bond motifs is 1. The molecule has 1 aliphatic rings. The van der Waals surface area contributed by atoms with Gasteiger partial charge in [-0.2, -0.15) is 4.31 Å². The Balaban J connectivity index is 1.50. The van der Waals surface area contributed by atoms with Crippen LogP contribution in [0.5, 0.6) is 0 Å². The van der Waals surface area contributed by atoms with E-state index < -0.39 is 16.0 Å². The Bertz CT molecular complexity index is 1130. The largest absolute Gasteiger partial charge is 0.457 e. The number of nitrogens with zero attached hydrogens (tertiary/aromatic N) is 1. The maximum absolute atomic E-state index is 12.8. The lowest BCUT2D eigenvalue weighted by Crippen LogP contribution is -2.40. The van der Waals surface area contributed by atoms with Crippen LogP contribution in [0.1, 0.15) is 15.9 Å². The van der Waals surface area contributed by atoms with Crippen molar-refractivity contribution >= 4 is 26.8 Å². The summed E-state index contributed by atoms with van der Waals surface area (Å²) < 4.78 is 37.7. The summed E-state index contributed by atoms with van der Waals surface area (Å²) in [5.74, 6) is -0.441. The zero-order valence-corrected chi connectivity index (χ0v) is 16.6. The number of carbonyl (C=O) groups is 1. The maximum atomic E-state index is 12.8. The lowest BCUT2D eigenvalue weighted by Gasteiger charge is -2.26. The summed E-state index contributed by atoms with van der Waals surface area (Å²) >= 11 is 0. The molecular weight excluding hydrogens is 390 g/mol. The van der Waals surface area contributed by atoms with Crippen LogP contribution in [0.2, 0.25) is 0 Å². The molecule has 1 heterocycles. The third kappa shape index (κ3) is 4.17. The minimum Gasteiger partial charge on any atom is -0.457 e. The molecule has 4 rings (SSSR count). The van der Waals surface area contributed by atoms with Crippen molar-refractivity contribution in [2.24, 2.45) is 0 Å². The molecular formula is C22H21NO5S. The fourth-order valence-electron chi connectivity index (χ4n) is 3.36. The molecule has 0 unspecified atom stereocenters. The molecule has 0 aromatic heterocycles. The van der Waals surface area contributed by atoms with E-state index in [9.17, 15) is 13.2 Å². The fraction of sp³-hybridized carbons (Fsp3) is 0.227. The van der Waals surface area contributed by atoms with Gasteiger partial charge in [0.05, 0.1) is 23.7 Å². The van der Waals surface area contributed by atoms with Gasteiger partial charge in [-0.25, -0.2) is 13.2 Å². The van der Waals surface area contributed by atoms with Gasteiger partial charge in [0.25, 0.3) is 0 Å². The van der Waals surface area contributed by atoms with Gasteiger partial charge >= 0.3 is 5.97 Å². The summed E-state index contributed by atoms with van der Waals surface area (Å²) in [6.07, 6.45) is 0. The second-order valence-electron chi connectivity index (χ2n) is 6.77. The Morgan fingerprint density at radius 1 is 0.966 bits per heavy atom. The van der Waals surface area contributed by atoms with Gasteiger partial charge in [0.2, 0.25) is 10.0 Å². The monoisotopic (exact) mass is 411 g/mol. The van der Waals surface area contributed by atoms with Gasteiger partial charge < -0.3 is 9.47 Å². The van der Waals surface area contributed by atoms with E-state index in [1.54, 1.807) is 30.3 Å². The molecule has 29 heavy (non-hydrogen) atoms. The summed E-state index contributed by atoms with van der Waals surface area (Å²) in [5.41, 5.74) is 1.10. The van der Waals surface area contributed by atoms with E-state index in [-0.39, 0.29) is 11.5 Å². The van der Waals surface area contributed by atoms with Crippen LogP contribution in [0.3, 0.4) is 0 Å². The second kappa shape index (κ2) is 8.32. The minimum atomic E-state index is -3.59. The van der Waals surface area contributed by atoms with Gasteiger partial charge in [-0.1, -0.05) is 48.5 Å². The molecule has 7 heteroatoms. The number of carbonyl (C=O) groups excluding carboxylic acids is 1. The van der Waals surface area contributed by atoms with Crippen LogP contribution in [-0.2, 0) is 26.1 Å². The molecule has 1 saturated heterocycles. The molecule has 0 radical (unpaired) electrons. The van der Waals surface area contributed by atoms with Crippen LogP contribution in [-0.4, -0.2) is 45.0 Å². The van der Waals surface area contributed by atoms with Crippen molar-refractivity contribution in [2.75, 3.05) is 26.3 Å². The van der Waals surface area contributed by atoms with Gasteiger partial charge in [-0.15, -0.1) is 0 Å². The Kier molecular flexibility index (Phi) is 5.62. The summed E-state index contributed by atoms with van der Waals surface area (Å²) in [6, 6.07) is 19.6.